The Kier molecular flexibility index (Phi) is 15.3. The van der Waals surface area contributed by atoms with E-state index in [1.165, 1.54) is 103 Å². The van der Waals surface area contributed by atoms with Crippen LogP contribution in [0.15, 0.2) is 49.1 Å². The van der Waals surface area contributed by atoms with Gasteiger partial charge in [0.25, 0.3) is 0 Å². The summed E-state index contributed by atoms with van der Waals surface area (Å²) in [7, 11) is 2.89. The van der Waals surface area contributed by atoms with E-state index < -0.39 is 0 Å². The SMILES string of the molecule is C=CC1(CC)CCCCCCCCCCCCCCCCC2(CCC)CC(c3ccc(C(=O)OC)cc3)Oc3c(cc(C(=O)OC)cc32)C1. The number of carbonyl (C=O) groups excluding carboxylic acids is 2. The summed E-state index contributed by atoms with van der Waals surface area (Å²) in [6.45, 7) is 8.93. The molecule has 0 amide bonds. The van der Waals surface area contributed by atoms with Crippen LogP contribution in [0.1, 0.15) is 186 Å². The number of ether oxygens (including phenoxy) is 3. The van der Waals surface area contributed by atoms with Gasteiger partial charge < -0.3 is 14.2 Å². The molecule has 270 valence electrons. The van der Waals surface area contributed by atoms with Gasteiger partial charge in [0.15, 0.2) is 0 Å². The Morgan fingerprint density at radius 3 is 1.82 bits per heavy atom. The van der Waals surface area contributed by atoms with Crippen molar-refractivity contribution in [1.82, 2.24) is 0 Å². The molecule has 3 atom stereocenters. The number of hydrogen-bond donors (Lipinski definition) is 0. The third-order valence-corrected chi connectivity index (χ3v) is 11.7. The normalized spacial score (nSPS) is 24.7. The lowest BCUT2D eigenvalue weighted by Gasteiger charge is -2.45. The van der Waals surface area contributed by atoms with Crippen molar-refractivity contribution in [2.75, 3.05) is 14.2 Å². The summed E-state index contributed by atoms with van der Waals surface area (Å²) < 4.78 is 17.4. The molecule has 5 nitrogen and oxygen atoms in total. The fourth-order valence-corrected chi connectivity index (χ4v) is 8.60. The molecule has 2 aliphatic rings. The Balaban J connectivity index is 1.81. The maximum Gasteiger partial charge on any atom is 0.337 e. The Hall–Kier alpha value is -3.08. The molecule has 2 aromatic rings. The molecule has 1 aliphatic heterocycles. The lowest BCUT2D eigenvalue weighted by Crippen LogP contribution is -2.36. The van der Waals surface area contributed by atoms with Crippen molar-refractivity contribution in [3.05, 3.63) is 76.9 Å². The quantitative estimate of drug-likeness (QED) is 0.216. The monoisotopic (exact) mass is 672 g/mol. The summed E-state index contributed by atoms with van der Waals surface area (Å²) in [6, 6.07) is 11.9. The van der Waals surface area contributed by atoms with Crippen molar-refractivity contribution in [1.29, 1.82) is 0 Å². The predicted molar refractivity (Wildman–Crippen MR) is 201 cm³/mol. The van der Waals surface area contributed by atoms with Gasteiger partial charge in [-0.1, -0.05) is 128 Å². The van der Waals surface area contributed by atoms with Crippen LogP contribution in [-0.4, -0.2) is 26.2 Å². The number of methoxy groups -OCH3 is 2. The van der Waals surface area contributed by atoms with Crippen LogP contribution in [0.5, 0.6) is 5.75 Å². The van der Waals surface area contributed by atoms with E-state index in [-0.39, 0.29) is 28.9 Å². The highest BCUT2D eigenvalue weighted by Gasteiger charge is 2.43. The second-order valence-corrected chi connectivity index (χ2v) is 15.0. The molecule has 0 fully saturated rings. The van der Waals surface area contributed by atoms with Gasteiger partial charge in [0, 0.05) is 11.0 Å². The largest absolute Gasteiger partial charge is 0.485 e. The van der Waals surface area contributed by atoms with Crippen molar-refractivity contribution < 1.29 is 23.8 Å². The lowest BCUT2D eigenvalue weighted by atomic mass is 9.65. The minimum atomic E-state index is -0.336. The van der Waals surface area contributed by atoms with Crippen molar-refractivity contribution in [2.45, 2.75) is 160 Å². The van der Waals surface area contributed by atoms with E-state index >= 15 is 0 Å². The molecule has 0 saturated heterocycles. The van der Waals surface area contributed by atoms with Crippen LogP contribution < -0.4 is 4.74 Å². The number of rotatable bonds is 7. The molecule has 5 heteroatoms. The second kappa shape index (κ2) is 19.3. The Morgan fingerprint density at radius 2 is 1.31 bits per heavy atom. The van der Waals surface area contributed by atoms with E-state index in [1.807, 2.05) is 30.3 Å². The molecule has 1 aliphatic carbocycles. The number of allylic oxidation sites excluding steroid dienone is 1. The highest BCUT2D eigenvalue weighted by molar-refractivity contribution is 5.90. The molecule has 2 aromatic carbocycles. The number of hydrogen-bond acceptors (Lipinski definition) is 5. The summed E-state index contributed by atoms with van der Waals surface area (Å²) in [5.41, 5.74) is 4.23. The fraction of sp³-hybridized carbons (Fsp3) is 0.636. The van der Waals surface area contributed by atoms with Gasteiger partial charge in [0.05, 0.1) is 25.3 Å². The molecule has 4 rings (SSSR count). The van der Waals surface area contributed by atoms with E-state index in [4.69, 9.17) is 14.2 Å². The van der Waals surface area contributed by atoms with Gasteiger partial charge in [-0.05, 0) is 79.3 Å². The average Bonchev–Trinajstić information content (AvgIpc) is 3.13. The first kappa shape index (κ1) is 38.7. The lowest BCUT2D eigenvalue weighted by molar-refractivity contribution is 0.0590. The van der Waals surface area contributed by atoms with Gasteiger partial charge in [0.1, 0.15) is 11.9 Å². The Morgan fingerprint density at radius 1 is 0.776 bits per heavy atom. The molecule has 0 N–H and O–H groups in total. The highest BCUT2D eigenvalue weighted by Crippen LogP contribution is 2.54. The zero-order valence-electron chi connectivity index (χ0n) is 31.2. The van der Waals surface area contributed by atoms with E-state index in [0.717, 1.165) is 68.2 Å². The summed E-state index contributed by atoms with van der Waals surface area (Å²) >= 11 is 0. The molecule has 0 spiro atoms. The maximum absolute atomic E-state index is 13.3. The van der Waals surface area contributed by atoms with Crippen molar-refractivity contribution in [3.8, 4) is 5.75 Å². The summed E-state index contributed by atoms with van der Waals surface area (Å²) in [6.07, 6.45) is 27.0. The van der Waals surface area contributed by atoms with Crippen LogP contribution >= 0.6 is 0 Å². The molecule has 0 radical (unpaired) electrons. The zero-order valence-corrected chi connectivity index (χ0v) is 31.2. The minimum Gasteiger partial charge on any atom is -0.485 e. The van der Waals surface area contributed by atoms with Crippen molar-refractivity contribution in [2.24, 2.45) is 5.41 Å². The second-order valence-electron chi connectivity index (χ2n) is 15.0. The van der Waals surface area contributed by atoms with E-state index in [1.54, 1.807) is 0 Å². The summed E-state index contributed by atoms with van der Waals surface area (Å²) in [5.74, 6) is 0.310. The molecule has 0 aromatic heterocycles. The van der Waals surface area contributed by atoms with Gasteiger partial charge in [-0.15, -0.1) is 6.58 Å². The molecule has 49 heavy (non-hydrogen) atoms. The summed E-state index contributed by atoms with van der Waals surface area (Å²) in [4.78, 5) is 25.5. The third-order valence-electron chi connectivity index (χ3n) is 11.7. The number of benzene rings is 2. The van der Waals surface area contributed by atoms with Gasteiger partial charge in [0.2, 0.25) is 0 Å². The van der Waals surface area contributed by atoms with Crippen LogP contribution in [0.3, 0.4) is 0 Å². The molecule has 3 unspecified atom stereocenters. The first-order valence-corrected chi connectivity index (χ1v) is 19.6. The third kappa shape index (κ3) is 10.2. The van der Waals surface area contributed by atoms with Gasteiger partial charge >= 0.3 is 11.9 Å². The topological polar surface area (TPSA) is 61.8 Å². The molecule has 4 bridgehead atoms. The first-order chi connectivity index (χ1) is 23.8. The van der Waals surface area contributed by atoms with Crippen LogP contribution in [-0.2, 0) is 21.3 Å². The maximum atomic E-state index is 13.3. The predicted octanol–water partition coefficient (Wildman–Crippen LogP) is 12.2. The highest BCUT2D eigenvalue weighted by atomic mass is 16.5. The van der Waals surface area contributed by atoms with Gasteiger partial charge in [-0.3, -0.25) is 0 Å². The molecule has 0 saturated carbocycles. The number of carbonyl (C=O) groups is 2. The van der Waals surface area contributed by atoms with Gasteiger partial charge in [-0.2, -0.15) is 0 Å². The smallest absolute Gasteiger partial charge is 0.337 e. The van der Waals surface area contributed by atoms with Gasteiger partial charge in [-0.25, -0.2) is 9.59 Å². The minimum absolute atomic E-state index is 0.0919. The standard InChI is InChI=1S/C44H64O5/c1-6-27-44-29-22-20-18-16-14-12-10-9-11-13-15-17-19-21-28-43(7-2,8-3)32-37-30-36(42(46)48-5)31-38(44)40(37)49-39(33-44)34-23-25-35(26-24-34)41(45)47-4/h7,23-26,30-31,39H,2,6,8-22,27-29,32-33H2,1,3-5H3. The zero-order chi connectivity index (χ0) is 35.1. The fourth-order valence-electron chi connectivity index (χ4n) is 8.60. The van der Waals surface area contributed by atoms with E-state index in [2.05, 4.69) is 32.6 Å². The van der Waals surface area contributed by atoms with Crippen LogP contribution in [0, 0.1) is 5.41 Å². The van der Waals surface area contributed by atoms with E-state index in [0.29, 0.717) is 11.1 Å². The average molecular weight is 673 g/mol. The Bertz CT molecular complexity index is 1350. The van der Waals surface area contributed by atoms with Crippen molar-refractivity contribution >= 4 is 11.9 Å². The van der Waals surface area contributed by atoms with Crippen LogP contribution in [0.2, 0.25) is 0 Å². The molecule has 1 heterocycles. The number of esters is 2. The van der Waals surface area contributed by atoms with E-state index in [9.17, 15) is 9.59 Å². The molecular formula is C44H64O5. The van der Waals surface area contributed by atoms with Crippen molar-refractivity contribution in [3.63, 3.8) is 0 Å². The first-order valence-electron chi connectivity index (χ1n) is 19.6. The summed E-state index contributed by atoms with van der Waals surface area (Å²) in [5, 5.41) is 0. The van der Waals surface area contributed by atoms with Crippen LogP contribution in [0.4, 0.5) is 0 Å². The molecular weight excluding hydrogens is 608 g/mol. The van der Waals surface area contributed by atoms with Crippen LogP contribution in [0.25, 0.3) is 0 Å². The Labute approximate surface area is 297 Å².